The van der Waals surface area contributed by atoms with Crippen LogP contribution in [0.3, 0.4) is 0 Å². The first kappa shape index (κ1) is 10.6. The summed E-state index contributed by atoms with van der Waals surface area (Å²) in [5.74, 6) is 1.19. The Bertz CT molecular complexity index is 484. The molecule has 2 rings (SSSR count). The highest BCUT2D eigenvalue weighted by molar-refractivity contribution is 9.10. The predicted octanol–water partition coefficient (Wildman–Crippen LogP) is 3.55. The Hall–Kier alpha value is -0.870. The molecule has 1 heterocycles. The summed E-state index contributed by atoms with van der Waals surface area (Å²) in [6.07, 6.45) is 0. The molecule has 3 nitrogen and oxygen atoms in total. The monoisotopic (exact) mass is 286 g/mol. The van der Waals surface area contributed by atoms with Gasteiger partial charge in [-0.1, -0.05) is 15.9 Å². The lowest BCUT2D eigenvalue weighted by atomic mass is 10.1. The second-order valence-electron chi connectivity index (χ2n) is 3.09. The maximum absolute atomic E-state index is 5.59. The predicted molar refractivity (Wildman–Crippen MR) is 61.7 cm³/mol. The quantitative estimate of drug-likeness (QED) is 0.793. The van der Waals surface area contributed by atoms with E-state index in [1.54, 1.807) is 0 Å². The third-order valence-electron chi connectivity index (χ3n) is 2.00. The van der Waals surface area contributed by atoms with E-state index in [2.05, 4.69) is 26.1 Å². The molecule has 0 fully saturated rings. The van der Waals surface area contributed by atoms with Crippen molar-refractivity contribution < 1.29 is 4.42 Å². The van der Waals surface area contributed by atoms with E-state index < -0.39 is 0 Å². The summed E-state index contributed by atoms with van der Waals surface area (Å²) in [5, 5.41) is 7.75. The summed E-state index contributed by atoms with van der Waals surface area (Å²) in [6.45, 7) is 1.99. The molecule has 0 unspecified atom stereocenters. The van der Waals surface area contributed by atoms with Gasteiger partial charge in [-0.05, 0) is 30.7 Å². The first-order valence-electron chi connectivity index (χ1n) is 4.35. The zero-order valence-electron chi connectivity index (χ0n) is 8.00. The number of alkyl halides is 1. The minimum absolute atomic E-state index is 0.239. The molecule has 0 amide bonds. The highest BCUT2D eigenvalue weighted by Gasteiger charge is 2.10. The van der Waals surface area contributed by atoms with Crippen molar-refractivity contribution in [3.63, 3.8) is 0 Å². The third kappa shape index (κ3) is 2.21. The molecule has 0 aliphatic heterocycles. The summed E-state index contributed by atoms with van der Waals surface area (Å²) >= 11 is 8.99. The van der Waals surface area contributed by atoms with Crippen LogP contribution in [0, 0.1) is 6.92 Å². The van der Waals surface area contributed by atoms with Crippen LogP contribution in [0.4, 0.5) is 0 Å². The Labute approximate surface area is 101 Å². The number of halogens is 2. The van der Waals surface area contributed by atoms with E-state index in [-0.39, 0.29) is 5.88 Å². The first-order valence-corrected chi connectivity index (χ1v) is 5.68. The average Bonchev–Trinajstić information content (AvgIpc) is 2.66. The van der Waals surface area contributed by atoms with Gasteiger partial charge in [-0.3, -0.25) is 0 Å². The van der Waals surface area contributed by atoms with E-state index in [1.165, 1.54) is 0 Å². The van der Waals surface area contributed by atoms with Crippen molar-refractivity contribution in [3.8, 4) is 11.5 Å². The fourth-order valence-electron chi connectivity index (χ4n) is 1.28. The summed E-state index contributed by atoms with van der Waals surface area (Å²) in [7, 11) is 0. The number of benzene rings is 1. The van der Waals surface area contributed by atoms with Crippen LogP contribution in [0.2, 0.25) is 0 Å². The molecule has 0 bridgehead atoms. The normalized spacial score (nSPS) is 10.6. The largest absolute Gasteiger partial charge is 0.419 e. The molecular weight excluding hydrogens is 279 g/mol. The Morgan fingerprint density at radius 3 is 2.80 bits per heavy atom. The zero-order valence-corrected chi connectivity index (χ0v) is 10.3. The second-order valence-corrected chi connectivity index (χ2v) is 4.28. The van der Waals surface area contributed by atoms with Crippen molar-refractivity contribution in [1.82, 2.24) is 10.2 Å². The molecule has 0 aliphatic carbocycles. The number of aromatic nitrogens is 2. The molecule has 0 spiro atoms. The van der Waals surface area contributed by atoms with Crippen LogP contribution in [0.5, 0.6) is 0 Å². The number of rotatable bonds is 2. The lowest BCUT2D eigenvalue weighted by Gasteiger charge is -2.00. The Kier molecular flexibility index (Phi) is 3.07. The van der Waals surface area contributed by atoms with Gasteiger partial charge in [0, 0.05) is 10.0 Å². The standard InChI is InChI=1S/C10H8BrClN2O/c1-6-4-7(11)2-3-8(6)10-14-13-9(5-12)15-10/h2-4H,5H2,1H3. The van der Waals surface area contributed by atoms with E-state index in [9.17, 15) is 0 Å². The molecule has 0 saturated heterocycles. The average molecular weight is 288 g/mol. The summed E-state index contributed by atoms with van der Waals surface area (Å²) in [6, 6.07) is 5.87. The smallest absolute Gasteiger partial charge is 0.248 e. The van der Waals surface area contributed by atoms with Gasteiger partial charge in [-0.2, -0.15) is 0 Å². The molecule has 0 N–H and O–H groups in total. The molecular formula is C10H8BrClN2O. The fraction of sp³-hybridized carbons (Fsp3) is 0.200. The van der Waals surface area contributed by atoms with Crippen molar-refractivity contribution in [2.24, 2.45) is 0 Å². The second kappa shape index (κ2) is 4.33. The minimum Gasteiger partial charge on any atom is -0.419 e. The summed E-state index contributed by atoms with van der Waals surface area (Å²) in [4.78, 5) is 0. The number of hydrogen-bond donors (Lipinski definition) is 0. The summed E-state index contributed by atoms with van der Waals surface area (Å²) < 4.78 is 6.40. The zero-order chi connectivity index (χ0) is 10.8. The van der Waals surface area contributed by atoms with E-state index in [4.69, 9.17) is 16.0 Å². The SMILES string of the molecule is Cc1cc(Br)ccc1-c1nnc(CCl)o1. The van der Waals surface area contributed by atoms with Crippen molar-refractivity contribution in [2.45, 2.75) is 12.8 Å². The Morgan fingerprint density at radius 1 is 1.40 bits per heavy atom. The van der Waals surface area contributed by atoms with E-state index >= 15 is 0 Å². The first-order chi connectivity index (χ1) is 7.20. The number of hydrogen-bond acceptors (Lipinski definition) is 3. The Balaban J connectivity index is 2.44. The van der Waals surface area contributed by atoms with Crippen LogP contribution in [-0.2, 0) is 5.88 Å². The van der Waals surface area contributed by atoms with Gasteiger partial charge in [-0.15, -0.1) is 21.8 Å². The molecule has 78 valence electrons. The van der Waals surface area contributed by atoms with Gasteiger partial charge in [0.1, 0.15) is 5.88 Å². The van der Waals surface area contributed by atoms with E-state index in [0.29, 0.717) is 11.8 Å². The van der Waals surface area contributed by atoms with Gasteiger partial charge in [-0.25, -0.2) is 0 Å². The lowest BCUT2D eigenvalue weighted by Crippen LogP contribution is -1.83. The third-order valence-corrected chi connectivity index (χ3v) is 2.72. The molecule has 5 heteroatoms. The molecule has 0 radical (unpaired) electrons. The van der Waals surface area contributed by atoms with Crippen molar-refractivity contribution in [2.75, 3.05) is 0 Å². The van der Waals surface area contributed by atoms with Crippen LogP contribution in [-0.4, -0.2) is 10.2 Å². The van der Waals surface area contributed by atoms with Crippen LogP contribution >= 0.6 is 27.5 Å². The van der Waals surface area contributed by atoms with Crippen molar-refractivity contribution >= 4 is 27.5 Å². The maximum atomic E-state index is 5.59. The maximum Gasteiger partial charge on any atom is 0.248 e. The summed E-state index contributed by atoms with van der Waals surface area (Å²) in [5.41, 5.74) is 2.01. The van der Waals surface area contributed by atoms with Gasteiger partial charge >= 0.3 is 0 Å². The molecule has 1 aromatic heterocycles. The minimum atomic E-state index is 0.239. The van der Waals surface area contributed by atoms with Gasteiger partial charge in [0.05, 0.1) is 0 Å². The van der Waals surface area contributed by atoms with Crippen molar-refractivity contribution in [1.29, 1.82) is 0 Å². The van der Waals surface area contributed by atoms with E-state index in [0.717, 1.165) is 15.6 Å². The topological polar surface area (TPSA) is 38.9 Å². The number of aryl methyl sites for hydroxylation is 1. The highest BCUT2D eigenvalue weighted by atomic mass is 79.9. The molecule has 0 atom stereocenters. The van der Waals surface area contributed by atoms with Gasteiger partial charge in [0.2, 0.25) is 11.8 Å². The van der Waals surface area contributed by atoms with Crippen molar-refractivity contribution in [3.05, 3.63) is 34.1 Å². The van der Waals surface area contributed by atoms with Gasteiger partial charge < -0.3 is 4.42 Å². The van der Waals surface area contributed by atoms with E-state index in [1.807, 2.05) is 25.1 Å². The van der Waals surface area contributed by atoms with Crippen LogP contribution in [0.25, 0.3) is 11.5 Å². The van der Waals surface area contributed by atoms with Crippen LogP contribution in [0.1, 0.15) is 11.5 Å². The number of nitrogens with zero attached hydrogens (tertiary/aromatic N) is 2. The molecule has 0 saturated carbocycles. The molecule has 15 heavy (non-hydrogen) atoms. The van der Waals surface area contributed by atoms with Gasteiger partial charge in [0.25, 0.3) is 0 Å². The van der Waals surface area contributed by atoms with Gasteiger partial charge in [0.15, 0.2) is 0 Å². The molecule has 1 aromatic carbocycles. The van der Waals surface area contributed by atoms with Crippen LogP contribution in [0.15, 0.2) is 27.1 Å². The lowest BCUT2D eigenvalue weighted by molar-refractivity contribution is 0.527. The fourth-order valence-corrected chi connectivity index (χ4v) is 1.87. The molecule has 0 aliphatic rings. The molecule has 2 aromatic rings. The Morgan fingerprint density at radius 2 is 2.20 bits per heavy atom. The highest BCUT2D eigenvalue weighted by Crippen LogP contribution is 2.25. The van der Waals surface area contributed by atoms with Crippen LogP contribution < -0.4 is 0 Å².